The maximum Gasteiger partial charge on any atom is 0.251 e. The largest absolute Gasteiger partial charge is 0.349 e. The fraction of sp³-hybridized carbons (Fsp3) is 0.588. The third-order valence-electron chi connectivity index (χ3n) is 4.41. The first kappa shape index (κ1) is 15.6. The van der Waals surface area contributed by atoms with E-state index in [1.807, 2.05) is 25.1 Å². The predicted octanol–water partition coefficient (Wildman–Crippen LogP) is 4.70. The summed E-state index contributed by atoms with van der Waals surface area (Å²) in [6, 6.07) is 6.12. The summed E-state index contributed by atoms with van der Waals surface area (Å²) < 4.78 is 1.05. The summed E-state index contributed by atoms with van der Waals surface area (Å²) in [5.41, 5.74) is 1.86. The second-order valence-corrected chi connectivity index (χ2v) is 7.09. The van der Waals surface area contributed by atoms with Crippen LogP contribution in [0.5, 0.6) is 0 Å². The lowest BCUT2D eigenvalue weighted by molar-refractivity contribution is 0.0889. The number of benzene rings is 1. The summed E-state index contributed by atoms with van der Waals surface area (Å²) in [5, 5.41) is 3.26. The Morgan fingerprint density at radius 2 is 2.00 bits per heavy atom. The predicted molar refractivity (Wildman–Crippen MR) is 86.9 cm³/mol. The second kappa shape index (κ2) is 6.75. The van der Waals surface area contributed by atoms with E-state index in [0.29, 0.717) is 17.9 Å². The molecule has 0 aliphatic heterocycles. The molecule has 1 aliphatic carbocycles. The zero-order valence-corrected chi connectivity index (χ0v) is 14.2. The van der Waals surface area contributed by atoms with Gasteiger partial charge in [0.05, 0.1) is 0 Å². The van der Waals surface area contributed by atoms with E-state index in [1.165, 1.54) is 19.3 Å². The molecule has 1 amide bonds. The van der Waals surface area contributed by atoms with Crippen LogP contribution in [-0.2, 0) is 0 Å². The van der Waals surface area contributed by atoms with Gasteiger partial charge < -0.3 is 5.32 Å². The van der Waals surface area contributed by atoms with Gasteiger partial charge in [0.2, 0.25) is 0 Å². The molecule has 0 bridgehead atoms. The Bertz CT molecular complexity index is 484. The van der Waals surface area contributed by atoms with Gasteiger partial charge in [-0.1, -0.05) is 42.6 Å². The van der Waals surface area contributed by atoms with E-state index < -0.39 is 0 Å². The molecule has 110 valence electrons. The Balaban J connectivity index is 2.07. The minimum atomic E-state index is 0.0677. The number of aryl methyl sites for hydroxylation is 1. The van der Waals surface area contributed by atoms with Crippen molar-refractivity contribution in [3.63, 3.8) is 0 Å². The summed E-state index contributed by atoms with van der Waals surface area (Å²) in [7, 11) is 0. The number of carbonyl (C=O) groups excluding carboxylic acids is 1. The Kier molecular flexibility index (Phi) is 5.25. The molecule has 2 unspecified atom stereocenters. The summed E-state index contributed by atoms with van der Waals surface area (Å²) in [6.45, 7) is 6.54. The molecule has 0 radical (unpaired) electrons. The first-order valence-corrected chi connectivity index (χ1v) is 8.35. The SMILES string of the molecule is Cc1cc(C(=O)NC2CCCCC2C(C)C)ccc1Br. The van der Waals surface area contributed by atoms with E-state index in [0.717, 1.165) is 22.0 Å². The highest BCUT2D eigenvalue weighted by molar-refractivity contribution is 9.10. The van der Waals surface area contributed by atoms with Gasteiger partial charge in [0.1, 0.15) is 0 Å². The average molecular weight is 338 g/mol. The normalized spacial score (nSPS) is 22.9. The number of halogens is 1. The van der Waals surface area contributed by atoms with E-state index in [1.54, 1.807) is 0 Å². The molecule has 2 nitrogen and oxygen atoms in total. The van der Waals surface area contributed by atoms with E-state index in [4.69, 9.17) is 0 Å². The van der Waals surface area contributed by atoms with Crippen LogP contribution < -0.4 is 5.32 Å². The molecule has 1 aliphatic rings. The molecule has 2 atom stereocenters. The zero-order valence-electron chi connectivity index (χ0n) is 12.6. The lowest BCUT2D eigenvalue weighted by atomic mass is 9.78. The molecular weight excluding hydrogens is 314 g/mol. The van der Waals surface area contributed by atoms with E-state index in [2.05, 4.69) is 35.1 Å². The van der Waals surface area contributed by atoms with Crippen molar-refractivity contribution in [2.45, 2.75) is 52.5 Å². The first-order chi connectivity index (χ1) is 9.49. The highest BCUT2D eigenvalue weighted by Gasteiger charge is 2.28. The number of carbonyl (C=O) groups is 1. The van der Waals surface area contributed by atoms with Crippen molar-refractivity contribution >= 4 is 21.8 Å². The molecule has 2 rings (SSSR count). The van der Waals surface area contributed by atoms with E-state index in [-0.39, 0.29) is 5.91 Å². The first-order valence-electron chi connectivity index (χ1n) is 7.56. The molecule has 3 heteroatoms. The fourth-order valence-corrected chi connectivity index (χ4v) is 3.42. The zero-order chi connectivity index (χ0) is 14.7. The molecule has 1 aromatic carbocycles. The van der Waals surface area contributed by atoms with Gasteiger partial charge in [0.15, 0.2) is 0 Å². The van der Waals surface area contributed by atoms with Crippen LogP contribution in [0, 0.1) is 18.8 Å². The van der Waals surface area contributed by atoms with Gasteiger partial charge in [0, 0.05) is 16.1 Å². The van der Waals surface area contributed by atoms with Crippen molar-refractivity contribution in [1.29, 1.82) is 0 Å². The Morgan fingerprint density at radius 1 is 1.30 bits per heavy atom. The number of hydrogen-bond acceptors (Lipinski definition) is 1. The smallest absolute Gasteiger partial charge is 0.251 e. The summed E-state index contributed by atoms with van der Waals surface area (Å²) in [4.78, 5) is 12.4. The molecule has 0 aromatic heterocycles. The van der Waals surface area contributed by atoms with Gasteiger partial charge in [-0.05, 0) is 55.4 Å². The van der Waals surface area contributed by atoms with Gasteiger partial charge in [-0.25, -0.2) is 0 Å². The highest BCUT2D eigenvalue weighted by atomic mass is 79.9. The lowest BCUT2D eigenvalue weighted by Crippen LogP contribution is -2.43. The summed E-state index contributed by atoms with van der Waals surface area (Å²) >= 11 is 3.47. The van der Waals surface area contributed by atoms with Gasteiger partial charge in [0.25, 0.3) is 5.91 Å². The molecule has 1 saturated carbocycles. The summed E-state index contributed by atoms with van der Waals surface area (Å²) in [6.07, 6.45) is 4.88. The molecule has 0 heterocycles. The maximum atomic E-state index is 12.4. The van der Waals surface area contributed by atoms with Crippen LogP contribution in [-0.4, -0.2) is 11.9 Å². The highest BCUT2D eigenvalue weighted by Crippen LogP contribution is 2.30. The number of nitrogens with one attached hydrogen (secondary N) is 1. The van der Waals surface area contributed by atoms with Crippen LogP contribution >= 0.6 is 15.9 Å². The molecule has 1 aromatic rings. The van der Waals surface area contributed by atoms with Crippen LogP contribution in [0.3, 0.4) is 0 Å². The third kappa shape index (κ3) is 3.63. The van der Waals surface area contributed by atoms with Crippen LogP contribution in [0.2, 0.25) is 0 Å². The van der Waals surface area contributed by atoms with Gasteiger partial charge >= 0.3 is 0 Å². The van der Waals surface area contributed by atoms with Crippen LogP contribution in [0.25, 0.3) is 0 Å². The fourth-order valence-electron chi connectivity index (χ4n) is 3.17. The molecule has 1 fully saturated rings. The van der Waals surface area contributed by atoms with Gasteiger partial charge in [-0.15, -0.1) is 0 Å². The molecule has 0 saturated heterocycles. The van der Waals surface area contributed by atoms with Crippen molar-refractivity contribution in [2.24, 2.45) is 11.8 Å². The molecule has 0 spiro atoms. The van der Waals surface area contributed by atoms with E-state index >= 15 is 0 Å². The van der Waals surface area contributed by atoms with Crippen molar-refractivity contribution in [3.05, 3.63) is 33.8 Å². The Labute approximate surface area is 130 Å². The van der Waals surface area contributed by atoms with Gasteiger partial charge in [-0.3, -0.25) is 4.79 Å². The number of amides is 1. The van der Waals surface area contributed by atoms with E-state index in [9.17, 15) is 4.79 Å². The van der Waals surface area contributed by atoms with Crippen molar-refractivity contribution in [3.8, 4) is 0 Å². The van der Waals surface area contributed by atoms with Crippen molar-refractivity contribution in [1.82, 2.24) is 5.32 Å². The monoisotopic (exact) mass is 337 g/mol. The quantitative estimate of drug-likeness (QED) is 0.850. The summed E-state index contributed by atoms with van der Waals surface area (Å²) in [5.74, 6) is 1.31. The van der Waals surface area contributed by atoms with Crippen molar-refractivity contribution < 1.29 is 4.79 Å². The lowest BCUT2D eigenvalue weighted by Gasteiger charge is -2.35. The number of rotatable bonds is 3. The van der Waals surface area contributed by atoms with Crippen molar-refractivity contribution in [2.75, 3.05) is 0 Å². The van der Waals surface area contributed by atoms with Gasteiger partial charge in [-0.2, -0.15) is 0 Å². The van der Waals surface area contributed by atoms with Crippen LogP contribution in [0.15, 0.2) is 22.7 Å². The van der Waals surface area contributed by atoms with Crippen LogP contribution in [0.1, 0.15) is 55.5 Å². The second-order valence-electron chi connectivity index (χ2n) is 6.24. The number of hydrogen-bond donors (Lipinski definition) is 1. The standard InChI is InChI=1S/C17H24BrNO/c1-11(2)14-6-4-5-7-16(14)19-17(20)13-8-9-15(18)12(3)10-13/h8-11,14,16H,4-7H2,1-3H3,(H,19,20). The maximum absolute atomic E-state index is 12.4. The third-order valence-corrected chi connectivity index (χ3v) is 5.30. The Hall–Kier alpha value is -0.830. The molecule has 20 heavy (non-hydrogen) atoms. The topological polar surface area (TPSA) is 29.1 Å². The molecular formula is C17H24BrNO. The average Bonchev–Trinajstić information content (AvgIpc) is 2.42. The Morgan fingerprint density at radius 3 is 2.65 bits per heavy atom. The van der Waals surface area contributed by atoms with Crippen LogP contribution in [0.4, 0.5) is 0 Å². The minimum Gasteiger partial charge on any atom is -0.349 e. The minimum absolute atomic E-state index is 0.0677. The molecule has 1 N–H and O–H groups in total.